The Balaban J connectivity index is 2.11. The van der Waals surface area contributed by atoms with Crippen molar-refractivity contribution < 1.29 is 4.79 Å². The first-order valence-electron chi connectivity index (χ1n) is 6.76. The molecule has 1 aromatic rings. The van der Waals surface area contributed by atoms with Gasteiger partial charge in [-0.15, -0.1) is 0 Å². The lowest BCUT2D eigenvalue weighted by molar-refractivity contribution is 0.112. The lowest BCUT2D eigenvalue weighted by Crippen LogP contribution is -2.30. The number of aldehydes is 1. The number of benzene rings is 1. The fourth-order valence-corrected chi connectivity index (χ4v) is 2.59. The lowest BCUT2D eigenvalue weighted by atomic mass is 10.1. The van der Waals surface area contributed by atoms with E-state index in [0.29, 0.717) is 0 Å². The summed E-state index contributed by atoms with van der Waals surface area (Å²) >= 11 is 0. The minimum atomic E-state index is 0.746. The van der Waals surface area contributed by atoms with Gasteiger partial charge in [-0.25, -0.2) is 0 Å². The molecule has 1 unspecified atom stereocenters. The highest BCUT2D eigenvalue weighted by molar-refractivity contribution is 5.78. The van der Waals surface area contributed by atoms with Gasteiger partial charge < -0.3 is 10.2 Å². The zero-order chi connectivity index (χ0) is 13.0. The van der Waals surface area contributed by atoms with Crippen LogP contribution in [0.2, 0.25) is 0 Å². The molecule has 1 heterocycles. The molecule has 2 rings (SSSR count). The Labute approximate surface area is 109 Å². The smallest absolute Gasteiger partial charge is 0.150 e. The van der Waals surface area contributed by atoms with Crippen LogP contribution in [-0.2, 0) is 0 Å². The Morgan fingerprint density at radius 2 is 2.33 bits per heavy atom. The largest absolute Gasteiger partial charge is 0.371 e. The van der Waals surface area contributed by atoms with Crippen molar-refractivity contribution in [1.82, 2.24) is 5.32 Å². The third kappa shape index (κ3) is 2.91. The third-order valence-corrected chi connectivity index (χ3v) is 3.77. The number of carbonyl (C=O) groups is 1. The average Bonchev–Trinajstić information content (AvgIpc) is 2.88. The molecule has 0 saturated carbocycles. The average molecular weight is 246 g/mol. The molecule has 0 spiro atoms. The van der Waals surface area contributed by atoms with Crippen LogP contribution in [-0.4, -0.2) is 32.5 Å². The molecular formula is C15H22N2O. The summed E-state index contributed by atoms with van der Waals surface area (Å²) in [5.41, 5.74) is 3.08. The van der Waals surface area contributed by atoms with Crippen LogP contribution >= 0.6 is 0 Å². The van der Waals surface area contributed by atoms with Crippen molar-refractivity contribution in [2.75, 3.05) is 31.1 Å². The molecule has 0 bridgehead atoms. The van der Waals surface area contributed by atoms with E-state index in [1.807, 2.05) is 13.0 Å². The summed E-state index contributed by atoms with van der Waals surface area (Å²) in [7, 11) is 0. The number of hydrogen-bond acceptors (Lipinski definition) is 3. The summed E-state index contributed by atoms with van der Waals surface area (Å²) in [5, 5.41) is 3.41. The maximum absolute atomic E-state index is 10.8. The highest BCUT2D eigenvalue weighted by Gasteiger charge is 2.18. The first-order chi connectivity index (χ1) is 8.74. The molecule has 1 aliphatic heterocycles. The Hall–Kier alpha value is -1.35. The number of carbonyl (C=O) groups excluding carboxylic acids is 1. The van der Waals surface area contributed by atoms with Gasteiger partial charge in [0.25, 0.3) is 0 Å². The predicted molar refractivity (Wildman–Crippen MR) is 75.4 cm³/mol. The molecular weight excluding hydrogens is 224 g/mol. The topological polar surface area (TPSA) is 32.3 Å². The second kappa shape index (κ2) is 6.01. The van der Waals surface area contributed by atoms with Gasteiger partial charge in [0.1, 0.15) is 6.29 Å². The number of hydrogen-bond donors (Lipinski definition) is 1. The molecule has 18 heavy (non-hydrogen) atoms. The molecule has 0 radical (unpaired) electrons. The van der Waals surface area contributed by atoms with Gasteiger partial charge in [-0.1, -0.05) is 0 Å². The van der Waals surface area contributed by atoms with Gasteiger partial charge in [0, 0.05) is 24.3 Å². The summed E-state index contributed by atoms with van der Waals surface area (Å²) in [6, 6.07) is 6.10. The normalized spacial score (nSPS) is 18.9. The van der Waals surface area contributed by atoms with E-state index in [9.17, 15) is 4.79 Å². The van der Waals surface area contributed by atoms with Crippen molar-refractivity contribution >= 4 is 12.0 Å². The molecule has 0 aliphatic carbocycles. The molecule has 1 N–H and O–H groups in total. The molecule has 0 amide bonds. The number of aryl methyl sites for hydroxylation is 1. The van der Waals surface area contributed by atoms with Gasteiger partial charge in [0.2, 0.25) is 0 Å². The Kier molecular flexibility index (Phi) is 4.37. The molecule has 1 saturated heterocycles. The second-order valence-corrected chi connectivity index (χ2v) is 5.06. The van der Waals surface area contributed by atoms with E-state index < -0.39 is 0 Å². The van der Waals surface area contributed by atoms with Crippen LogP contribution in [0, 0.1) is 12.8 Å². The molecule has 3 heteroatoms. The highest BCUT2D eigenvalue weighted by atomic mass is 16.1. The van der Waals surface area contributed by atoms with Crippen molar-refractivity contribution in [2.24, 2.45) is 5.92 Å². The van der Waals surface area contributed by atoms with Gasteiger partial charge in [-0.2, -0.15) is 0 Å². The first-order valence-corrected chi connectivity index (χ1v) is 6.76. The van der Waals surface area contributed by atoms with Gasteiger partial charge in [0.15, 0.2) is 0 Å². The second-order valence-electron chi connectivity index (χ2n) is 5.06. The van der Waals surface area contributed by atoms with E-state index in [-0.39, 0.29) is 0 Å². The van der Waals surface area contributed by atoms with Crippen molar-refractivity contribution in [2.45, 2.75) is 20.3 Å². The predicted octanol–water partition coefficient (Wildman–Crippen LogP) is 2.24. The van der Waals surface area contributed by atoms with E-state index in [2.05, 4.69) is 29.3 Å². The van der Waals surface area contributed by atoms with Gasteiger partial charge in [-0.05, 0) is 63.0 Å². The third-order valence-electron chi connectivity index (χ3n) is 3.77. The van der Waals surface area contributed by atoms with Gasteiger partial charge in [0.05, 0.1) is 0 Å². The van der Waals surface area contributed by atoms with Crippen LogP contribution in [0.15, 0.2) is 18.2 Å². The molecule has 1 fully saturated rings. The maximum Gasteiger partial charge on any atom is 0.150 e. The number of nitrogens with one attached hydrogen (secondary N) is 1. The van der Waals surface area contributed by atoms with Crippen molar-refractivity contribution in [3.63, 3.8) is 0 Å². The molecule has 0 aromatic heterocycles. The maximum atomic E-state index is 10.8. The summed E-state index contributed by atoms with van der Waals surface area (Å²) in [6.45, 7) is 8.57. The van der Waals surface area contributed by atoms with E-state index in [1.165, 1.54) is 12.1 Å². The monoisotopic (exact) mass is 246 g/mol. The number of rotatable bonds is 5. The van der Waals surface area contributed by atoms with Crippen LogP contribution in [0.25, 0.3) is 0 Å². The molecule has 3 nitrogen and oxygen atoms in total. The zero-order valence-corrected chi connectivity index (χ0v) is 11.3. The lowest BCUT2D eigenvalue weighted by Gasteiger charge is -2.26. The molecule has 1 aromatic carbocycles. The highest BCUT2D eigenvalue weighted by Crippen LogP contribution is 2.21. The minimum Gasteiger partial charge on any atom is -0.371 e. The zero-order valence-electron chi connectivity index (χ0n) is 11.3. The molecule has 98 valence electrons. The SMILES string of the molecule is CCN(CC1CCNC1)c1ccc(C=O)c(C)c1. The van der Waals surface area contributed by atoms with Crippen LogP contribution in [0.5, 0.6) is 0 Å². The standard InChI is InChI=1S/C15H22N2O/c1-3-17(10-13-6-7-16-9-13)15-5-4-14(11-18)12(2)8-15/h4-5,8,11,13,16H,3,6-7,9-10H2,1-2H3. The number of nitrogens with zero attached hydrogens (tertiary/aromatic N) is 1. The van der Waals surface area contributed by atoms with Crippen molar-refractivity contribution in [1.29, 1.82) is 0 Å². The summed E-state index contributed by atoms with van der Waals surface area (Å²) in [4.78, 5) is 13.2. The van der Waals surface area contributed by atoms with Crippen molar-refractivity contribution in [3.8, 4) is 0 Å². The minimum absolute atomic E-state index is 0.746. The molecule has 1 atom stereocenters. The van der Waals surface area contributed by atoms with Gasteiger partial charge in [-0.3, -0.25) is 4.79 Å². The van der Waals surface area contributed by atoms with Crippen LogP contribution < -0.4 is 10.2 Å². The van der Waals surface area contributed by atoms with E-state index in [1.54, 1.807) is 0 Å². The first kappa shape index (κ1) is 13.1. The van der Waals surface area contributed by atoms with Crippen LogP contribution in [0.1, 0.15) is 29.3 Å². The van der Waals surface area contributed by atoms with E-state index in [4.69, 9.17) is 0 Å². The summed E-state index contributed by atoms with van der Waals surface area (Å²) in [6.07, 6.45) is 2.19. The van der Waals surface area contributed by atoms with Crippen molar-refractivity contribution in [3.05, 3.63) is 29.3 Å². The quantitative estimate of drug-likeness (QED) is 0.809. The van der Waals surface area contributed by atoms with E-state index >= 15 is 0 Å². The Bertz CT molecular complexity index is 411. The fourth-order valence-electron chi connectivity index (χ4n) is 2.59. The fraction of sp³-hybridized carbons (Fsp3) is 0.533. The summed E-state index contributed by atoms with van der Waals surface area (Å²) < 4.78 is 0. The Morgan fingerprint density at radius 3 is 2.89 bits per heavy atom. The van der Waals surface area contributed by atoms with Crippen LogP contribution in [0.4, 0.5) is 5.69 Å². The van der Waals surface area contributed by atoms with E-state index in [0.717, 1.165) is 49.5 Å². The number of anilines is 1. The molecule has 1 aliphatic rings. The Morgan fingerprint density at radius 1 is 1.50 bits per heavy atom. The van der Waals surface area contributed by atoms with Crippen LogP contribution in [0.3, 0.4) is 0 Å². The van der Waals surface area contributed by atoms with Gasteiger partial charge >= 0.3 is 0 Å². The summed E-state index contributed by atoms with van der Waals surface area (Å²) in [5.74, 6) is 0.746.